The van der Waals surface area contributed by atoms with Crippen molar-refractivity contribution < 1.29 is 19.8 Å². The van der Waals surface area contributed by atoms with Crippen LogP contribution in [-0.2, 0) is 16.0 Å². The Bertz CT molecular complexity index is 576. The fraction of sp³-hybridized carbons (Fsp3) is 0.444. The summed E-state index contributed by atoms with van der Waals surface area (Å²) in [5, 5.41) is 18.8. The molecule has 3 atom stereocenters. The Morgan fingerprint density at radius 3 is 2.77 bits per heavy atom. The van der Waals surface area contributed by atoms with Gasteiger partial charge in [-0.1, -0.05) is 35.9 Å². The van der Waals surface area contributed by atoms with E-state index in [1.807, 2.05) is 31.2 Å². The monoisotopic (exact) mass is 302 g/mol. The minimum atomic E-state index is -0.907. The van der Waals surface area contributed by atoms with Gasteiger partial charge < -0.3 is 10.2 Å². The average molecular weight is 302 g/mol. The standard InChI is InChI=1S/C18H22O4/c1-12-3-2-4-13(9-12)10-15(19)7-5-14-6-8-17(20)16(14)11-18(21)22/h2-5,7,9,14,16-17,20H,6,8,10-11H2,1H3,(H,21,22)/b7-5+/t14-,16+,17-/m1/s1. The Balaban J connectivity index is 1.95. The maximum absolute atomic E-state index is 12.0. The lowest BCUT2D eigenvalue weighted by Gasteiger charge is -2.17. The van der Waals surface area contributed by atoms with Gasteiger partial charge in [0.05, 0.1) is 12.5 Å². The van der Waals surface area contributed by atoms with E-state index in [9.17, 15) is 14.7 Å². The number of benzene rings is 1. The van der Waals surface area contributed by atoms with Gasteiger partial charge in [0, 0.05) is 12.3 Å². The van der Waals surface area contributed by atoms with Crippen molar-refractivity contribution >= 4 is 11.8 Å². The summed E-state index contributed by atoms with van der Waals surface area (Å²) in [6.45, 7) is 1.99. The number of aliphatic hydroxyl groups is 1. The molecule has 0 radical (unpaired) electrons. The minimum Gasteiger partial charge on any atom is -0.481 e. The SMILES string of the molecule is Cc1cccc(CC(=O)/C=C/[C@@H]2CC[C@@H](O)[C@H]2CC(=O)O)c1. The minimum absolute atomic E-state index is 0.000986. The van der Waals surface area contributed by atoms with Crippen LogP contribution in [0.15, 0.2) is 36.4 Å². The largest absolute Gasteiger partial charge is 0.481 e. The zero-order valence-corrected chi connectivity index (χ0v) is 12.7. The Morgan fingerprint density at radius 1 is 1.32 bits per heavy atom. The maximum Gasteiger partial charge on any atom is 0.303 e. The number of hydrogen-bond donors (Lipinski definition) is 2. The van der Waals surface area contributed by atoms with Gasteiger partial charge in [0.25, 0.3) is 0 Å². The lowest BCUT2D eigenvalue weighted by Crippen LogP contribution is -2.21. The number of ketones is 1. The maximum atomic E-state index is 12.0. The van der Waals surface area contributed by atoms with Crippen LogP contribution in [0.4, 0.5) is 0 Å². The summed E-state index contributed by atoms with van der Waals surface area (Å²) in [6.07, 6.45) is 4.35. The first kappa shape index (κ1) is 16.4. The van der Waals surface area contributed by atoms with Gasteiger partial charge in [-0.2, -0.15) is 0 Å². The van der Waals surface area contributed by atoms with Crippen LogP contribution in [0.3, 0.4) is 0 Å². The van der Waals surface area contributed by atoms with Gasteiger partial charge >= 0.3 is 5.97 Å². The summed E-state index contributed by atoms with van der Waals surface area (Å²) >= 11 is 0. The summed E-state index contributed by atoms with van der Waals surface area (Å²) in [5.74, 6) is -1.23. The summed E-state index contributed by atoms with van der Waals surface area (Å²) in [4.78, 5) is 22.9. The second-order valence-corrected chi connectivity index (χ2v) is 6.06. The zero-order valence-electron chi connectivity index (χ0n) is 12.7. The second kappa shape index (κ2) is 7.36. The van der Waals surface area contributed by atoms with Gasteiger partial charge in [0.2, 0.25) is 0 Å². The van der Waals surface area contributed by atoms with Crippen molar-refractivity contribution in [2.24, 2.45) is 11.8 Å². The predicted molar refractivity (Wildman–Crippen MR) is 83.5 cm³/mol. The van der Waals surface area contributed by atoms with E-state index in [4.69, 9.17) is 5.11 Å². The second-order valence-electron chi connectivity index (χ2n) is 6.06. The van der Waals surface area contributed by atoms with E-state index in [1.54, 1.807) is 12.2 Å². The summed E-state index contributed by atoms with van der Waals surface area (Å²) in [5.41, 5.74) is 2.10. The summed E-state index contributed by atoms with van der Waals surface area (Å²) in [6, 6.07) is 7.82. The molecule has 22 heavy (non-hydrogen) atoms. The average Bonchev–Trinajstić information content (AvgIpc) is 2.77. The zero-order chi connectivity index (χ0) is 16.1. The Labute approximate surface area is 130 Å². The molecule has 118 valence electrons. The lowest BCUT2D eigenvalue weighted by atomic mass is 9.91. The van der Waals surface area contributed by atoms with E-state index in [0.29, 0.717) is 12.8 Å². The smallest absolute Gasteiger partial charge is 0.303 e. The third-order valence-corrected chi connectivity index (χ3v) is 4.24. The number of aliphatic carboxylic acids is 1. The molecule has 0 heterocycles. The van der Waals surface area contributed by atoms with Crippen LogP contribution in [-0.4, -0.2) is 28.1 Å². The molecule has 1 aromatic carbocycles. The summed E-state index contributed by atoms with van der Waals surface area (Å²) < 4.78 is 0. The lowest BCUT2D eigenvalue weighted by molar-refractivity contribution is -0.139. The first-order chi connectivity index (χ1) is 10.5. The Morgan fingerprint density at radius 2 is 2.09 bits per heavy atom. The van der Waals surface area contributed by atoms with Crippen molar-refractivity contribution in [1.29, 1.82) is 0 Å². The topological polar surface area (TPSA) is 74.6 Å². The van der Waals surface area contributed by atoms with Crippen LogP contribution in [0.25, 0.3) is 0 Å². The molecule has 0 aromatic heterocycles. The number of aryl methyl sites for hydroxylation is 1. The Hall–Kier alpha value is -1.94. The molecule has 1 aliphatic carbocycles. The van der Waals surface area contributed by atoms with Crippen LogP contribution in [0, 0.1) is 18.8 Å². The molecule has 2 N–H and O–H groups in total. The highest BCUT2D eigenvalue weighted by Crippen LogP contribution is 2.35. The van der Waals surface area contributed by atoms with Crippen molar-refractivity contribution in [2.45, 2.75) is 38.7 Å². The Kier molecular flexibility index (Phi) is 5.50. The molecule has 1 saturated carbocycles. The molecule has 2 rings (SSSR count). The number of carboxylic acid groups (broad SMARTS) is 1. The van der Waals surface area contributed by atoms with Crippen molar-refractivity contribution in [2.75, 3.05) is 0 Å². The normalized spacial score (nSPS) is 24.7. The number of hydrogen-bond acceptors (Lipinski definition) is 3. The van der Waals surface area contributed by atoms with Gasteiger partial charge in [-0.3, -0.25) is 9.59 Å². The number of carbonyl (C=O) groups is 2. The molecule has 1 fully saturated rings. The number of carbonyl (C=O) groups excluding carboxylic acids is 1. The molecule has 1 aliphatic rings. The van der Waals surface area contributed by atoms with Gasteiger partial charge in [-0.25, -0.2) is 0 Å². The summed E-state index contributed by atoms with van der Waals surface area (Å²) in [7, 11) is 0. The van der Waals surface area contributed by atoms with Crippen LogP contribution in [0.5, 0.6) is 0 Å². The third kappa shape index (κ3) is 4.53. The van der Waals surface area contributed by atoms with E-state index < -0.39 is 12.1 Å². The molecule has 1 aromatic rings. The number of carboxylic acids is 1. The molecule has 4 heteroatoms. The number of aliphatic hydroxyl groups excluding tert-OH is 1. The molecular formula is C18H22O4. The molecule has 4 nitrogen and oxygen atoms in total. The number of rotatable bonds is 6. The highest BCUT2D eigenvalue weighted by atomic mass is 16.4. The molecule has 0 spiro atoms. The van der Waals surface area contributed by atoms with Crippen LogP contribution in [0.2, 0.25) is 0 Å². The number of allylic oxidation sites excluding steroid dienone is 2. The first-order valence-corrected chi connectivity index (χ1v) is 7.62. The molecular weight excluding hydrogens is 280 g/mol. The van der Waals surface area contributed by atoms with Crippen LogP contribution >= 0.6 is 0 Å². The molecule has 0 aliphatic heterocycles. The quantitative estimate of drug-likeness (QED) is 0.792. The van der Waals surface area contributed by atoms with Crippen molar-refractivity contribution in [1.82, 2.24) is 0 Å². The molecule has 0 amide bonds. The van der Waals surface area contributed by atoms with E-state index in [-0.39, 0.29) is 24.0 Å². The van der Waals surface area contributed by atoms with Crippen molar-refractivity contribution in [3.05, 3.63) is 47.5 Å². The van der Waals surface area contributed by atoms with Gasteiger partial charge in [0.1, 0.15) is 0 Å². The van der Waals surface area contributed by atoms with Gasteiger partial charge in [-0.15, -0.1) is 0 Å². The van der Waals surface area contributed by atoms with E-state index in [1.165, 1.54) is 0 Å². The fourth-order valence-electron chi connectivity index (χ4n) is 3.12. The van der Waals surface area contributed by atoms with E-state index in [2.05, 4.69) is 0 Å². The fourth-order valence-corrected chi connectivity index (χ4v) is 3.12. The van der Waals surface area contributed by atoms with Crippen LogP contribution < -0.4 is 0 Å². The highest BCUT2D eigenvalue weighted by molar-refractivity contribution is 5.91. The molecule has 0 bridgehead atoms. The van der Waals surface area contributed by atoms with Crippen molar-refractivity contribution in [3.8, 4) is 0 Å². The van der Waals surface area contributed by atoms with Gasteiger partial charge in [-0.05, 0) is 37.3 Å². The highest BCUT2D eigenvalue weighted by Gasteiger charge is 2.34. The van der Waals surface area contributed by atoms with E-state index >= 15 is 0 Å². The molecule has 0 saturated heterocycles. The predicted octanol–water partition coefficient (Wildman–Crippen LogP) is 2.52. The van der Waals surface area contributed by atoms with Gasteiger partial charge in [0.15, 0.2) is 5.78 Å². The van der Waals surface area contributed by atoms with Crippen molar-refractivity contribution in [3.63, 3.8) is 0 Å². The van der Waals surface area contributed by atoms with Crippen LogP contribution in [0.1, 0.15) is 30.4 Å². The first-order valence-electron chi connectivity index (χ1n) is 7.62. The third-order valence-electron chi connectivity index (χ3n) is 4.24. The van der Waals surface area contributed by atoms with E-state index in [0.717, 1.165) is 17.5 Å². The molecule has 0 unspecified atom stereocenters.